The third-order valence-corrected chi connectivity index (χ3v) is 5.71. The van der Waals surface area contributed by atoms with Gasteiger partial charge in [0, 0.05) is 41.4 Å². The van der Waals surface area contributed by atoms with E-state index in [0.29, 0.717) is 23.5 Å². The molecule has 1 N–H and O–H groups in total. The monoisotopic (exact) mass is 395 g/mol. The summed E-state index contributed by atoms with van der Waals surface area (Å²) in [6, 6.07) is 24.9. The molecule has 0 saturated carbocycles. The first-order valence-electron chi connectivity index (χ1n) is 9.97. The summed E-state index contributed by atoms with van der Waals surface area (Å²) in [7, 11) is 1.88. The molecule has 30 heavy (non-hydrogen) atoms. The van der Waals surface area contributed by atoms with E-state index >= 15 is 0 Å². The highest BCUT2D eigenvalue weighted by atomic mass is 16.2. The van der Waals surface area contributed by atoms with Crippen molar-refractivity contribution in [1.82, 2.24) is 4.57 Å². The van der Waals surface area contributed by atoms with E-state index in [1.165, 1.54) is 5.56 Å². The molecular formula is C25H21N3O2. The van der Waals surface area contributed by atoms with E-state index in [1.807, 2.05) is 65.0 Å². The predicted octanol–water partition coefficient (Wildman–Crippen LogP) is 4.63. The van der Waals surface area contributed by atoms with Gasteiger partial charge < -0.3 is 14.8 Å². The lowest BCUT2D eigenvalue weighted by molar-refractivity contribution is 0.0987. The zero-order valence-corrected chi connectivity index (χ0v) is 16.6. The van der Waals surface area contributed by atoms with Gasteiger partial charge in [-0.05, 0) is 54.4 Å². The molecule has 0 atom stereocenters. The summed E-state index contributed by atoms with van der Waals surface area (Å²) >= 11 is 0. The van der Waals surface area contributed by atoms with Crippen LogP contribution in [0.15, 0.2) is 78.9 Å². The summed E-state index contributed by atoms with van der Waals surface area (Å²) in [6.45, 7) is 0.692. The molecule has 1 aromatic heterocycles. The molecule has 4 aromatic rings. The lowest BCUT2D eigenvalue weighted by Gasteiger charge is -2.17. The van der Waals surface area contributed by atoms with E-state index < -0.39 is 0 Å². The van der Waals surface area contributed by atoms with Crippen molar-refractivity contribution in [3.8, 4) is 0 Å². The molecule has 0 aliphatic carbocycles. The maximum absolute atomic E-state index is 12.9. The number of carbonyl (C=O) groups is 2. The van der Waals surface area contributed by atoms with Crippen LogP contribution >= 0.6 is 0 Å². The first-order chi connectivity index (χ1) is 14.6. The number of aromatic nitrogens is 1. The van der Waals surface area contributed by atoms with E-state index in [1.54, 1.807) is 24.3 Å². The third kappa shape index (κ3) is 3.05. The standard InChI is InChI=1S/C25H21N3O2/c1-27-21-8-4-3-7-19(21)16-23(27)24(29)26-20-12-10-18(11-13-20)25(30)28-15-14-17-6-2-5-9-22(17)28/h2-13,16H,14-15H2,1H3,(H,26,29). The Kier molecular flexibility index (Phi) is 4.36. The minimum absolute atomic E-state index is 0.0217. The number of rotatable bonds is 3. The molecule has 0 radical (unpaired) electrons. The fourth-order valence-corrected chi connectivity index (χ4v) is 4.10. The molecule has 0 saturated heterocycles. The highest BCUT2D eigenvalue weighted by molar-refractivity contribution is 6.08. The van der Waals surface area contributed by atoms with Crippen LogP contribution in [0, 0.1) is 0 Å². The van der Waals surface area contributed by atoms with Gasteiger partial charge in [0.15, 0.2) is 0 Å². The van der Waals surface area contributed by atoms with Crippen LogP contribution in [0.1, 0.15) is 26.4 Å². The van der Waals surface area contributed by atoms with E-state index in [0.717, 1.165) is 23.0 Å². The molecule has 0 unspecified atom stereocenters. The molecule has 2 heterocycles. The zero-order valence-electron chi connectivity index (χ0n) is 16.6. The van der Waals surface area contributed by atoms with Gasteiger partial charge in [0.25, 0.3) is 11.8 Å². The minimum atomic E-state index is -0.179. The normalized spacial score (nSPS) is 12.8. The highest BCUT2D eigenvalue weighted by Crippen LogP contribution is 2.29. The van der Waals surface area contributed by atoms with Crippen LogP contribution in [0.3, 0.4) is 0 Å². The van der Waals surface area contributed by atoms with Crippen molar-refractivity contribution in [3.05, 3.63) is 95.7 Å². The van der Waals surface area contributed by atoms with E-state index in [4.69, 9.17) is 0 Å². The Morgan fingerprint density at radius 1 is 0.900 bits per heavy atom. The van der Waals surface area contributed by atoms with Gasteiger partial charge in [-0.2, -0.15) is 0 Å². The van der Waals surface area contributed by atoms with Gasteiger partial charge in [0.2, 0.25) is 0 Å². The van der Waals surface area contributed by atoms with E-state index in [-0.39, 0.29) is 11.8 Å². The first-order valence-corrected chi connectivity index (χ1v) is 9.97. The van der Waals surface area contributed by atoms with Gasteiger partial charge >= 0.3 is 0 Å². The molecule has 3 aromatic carbocycles. The smallest absolute Gasteiger partial charge is 0.272 e. The number of hydrogen-bond acceptors (Lipinski definition) is 2. The Labute approximate surface area is 174 Å². The maximum atomic E-state index is 12.9. The van der Waals surface area contributed by atoms with Crippen molar-refractivity contribution in [2.45, 2.75) is 6.42 Å². The summed E-state index contributed by atoms with van der Waals surface area (Å²) in [5, 5.41) is 3.95. The van der Waals surface area contributed by atoms with Crippen molar-refractivity contribution in [2.24, 2.45) is 7.05 Å². The average molecular weight is 395 g/mol. The van der Waals surface area contributed by atoms with Gasteiger partial charge in [0.1, 0.15) is 5.69 Å². The van der Waals surface area contributed by atoms with Gasteiger partial charge in [0.05, 0.1) is 0 Å². The Morgan fingerprint density at radius 3 is 2.43 bits per heavy atom. The van der Waals surface area contributed by atoms with Crippen LogP contribution < -0.4 is 10.2 Å². The minimum Gasteiger partial charge on any atom is -0.340 e. The molecule has 0 spiro atoms. The van der Waals surface area contributed by atoms with Crippen molar-refractivity contribution in [3.63, 3.8) is 0 Å². The molecule has 0 bridgehead atoms. The van der Waals surface area contributed by atoms with Crippen LogP contribution in [0.25, 0.3) is 10.9 Å². The molecule has 5 heteroatoms. The first kappa shape index (κ1) is 18.2. The molecule has 1 aliphatic heterocycles. The number of anilines is 2. The van der Waals surface area contributed by atoms with Crippen LogP contribution in [0.5, 0.6) is 0 Å². The number of nitrogens with zero attached hydrogens (tertiary/aromatic N) is 2. The molecule has 148 valence electrons. The Hall–Kier alpha value is -3.86. The van der Waals surface area contributed by atoms with Crippen molar-refractivity contribution >= 4 is 34.1 Å². The number of benzene rings is 3. The van der Waals surface area contributed by atoms with Crippen LogP contribution in [-0.4, -0.2) is 22.9 Å². The Bertz CT molecular complexity index is 1270. The molecule has 0 fully saturated rings. The van der Waals surface area contributed by atoms with E-state index in [9.17, 15) is 9.59 Å². The predicted molar refractivity (Wildman–Crippen MR) is 119 cm³/mol. The second-order valence-electron chi connectivity index (χ2n) is 7.51. The summed E-state index contributed by atoms with van der Waals surface area (Å²) < 4.78 is 1.88. The van der Waals surface area contributed by atoms with Crippen LogP contribution in [0.4, 0.5) is 11.4 Å². The molecule has 1 aliphatic rings. The van der Waals surface area contributed by atoms with Gasteiger partial charge in [-0.1, -0.05) is 36.4 Å². The highest BCUT2D eigenvalue weighted by Gasteiger charge is 2.25. The lowest BCUT2D eigenvalue weighted by atomic mass is 10.1. The summed E-state index contributed by atoms with van der Waals surface area (Å²) in [4.78, 5) is 27.5. The second kappa shape index (κ2) is 7.19. The average Bonchev–Trinajstić information content (AvgIpc) is 3.35. The number of fused-ring (bicyclic) bond motifs is 2. The third-order valence-electron chi connectivity index (χ3n) is 5.71. The number of nitrogens with one attached hydrogen (secondary N) is 1. The molecule has 5 rings (SSSR count). The zero-order chi connectivity index (χ0) is 20.7. The SMILES string of the molecule is Cn1c(C(=O)Nc2ccc(C(=O)N3CCc4ccccc43)cc2)cc2ccccc21. The summed E-state index contributed by atoms with van der Waals surface area (Å²) in [5.74, 6) is -0.201. The summed E-state index contributed by atoms with van der Waals surface area (Å²) in [5.41, 5.74) is 5.04. The molecule has 5 nitrogen and oxygen atoms in total. The number of para-hydroxylation sites is 2. The van der Waals surface area contributed by atoms with Gasteiger partial charge in [-0.15, -0.1) is 0 Å². The van der Waals surface area contributed by atoms with Crippen molar-refractivity contribution < 1.29 is 9.59 Å². The van der Waals surface area contributed by atoms with E-state index in [2.05, 4.69) is 11.4 Å². The fraction of sp³-hybridized carbons (Fsp3) is 0.120. The van der Waals surface area contributed by atoms with Crippen LogP contribution in [-0.2, 0) is 13.5 Å². The fourth-order valence-electron chi connectivity index (χ4n) is 4.10. The second-order valence-corrected chi connectivity index (χ2v) is 7.51. The Balaban J connectivity index is 1.33. The summed E-state index contributed by atoms with van der Waals surface area (Å²) in [6.07, 6.45) is 0.876. The number of carbonyl (C=O) groups excluding carboxylic acids is 2. The maximum Gasteiger partial charge on any atom is 0.272 e. The topological polar surface area (TPSA) is 54.3 Å². The van der Waals surface area contributed by atoms with Crippen LogP contribution in [0.2, 0.25) is 0 Å². The quantitative estimate of drug-likeness (QED) is 0.550. The number of hydrogen-bond donors (Lipinski definition) is 1. The van der Waals surface area contributed by atoms with Gasteiger partial charge in [-0.25, -0.2) is 0 Å². The lowest BCUT2D eigenvalue weighted by Crippen LogP contribution is -2.28. The van der Waals surface area contributed by atoms with Gasteiger partial charge in [-0.3, -0.25) is 9.59 Å². The number of aryl methyl sites for hydroxylation is 1. The number of amides is 2. The van der Waals surface area contributed by atoms with Crippen molar-refractivity contribution in [1.29, 1.82) is 0 Å². The molecule has 2 amide bonds. The largest absolute Gasteiger partial charge is 0.340 e. The Morgan fingerprint density at radius 2 is 1.63 bits per heavy atom. The molecular weight excluding hydrogens is 374 g/mol. The van der Waals surface area contributed by atoms with Crippen molar-refractivity contribution in [2.75, 3.05) is 16.8 Å².